The van der Waals surface area contributed by atoms with Crippen LogP contribution in [0.4, 0.5) is 5.69 Å². The van der Waals surface area contributed by atoms with Gasteiger partial charge in [0.2, 0.25) is 5.36 Å². The molecule has 0 unspecified atom stereocenters. The molecule has 6 aliphatic rings. The highest BCUT2D eigenvalue weighted by Gasteiger charge is 2.43. The fraction of sp³-hybridized carbons (Fsp3) is 0.489. The average molecular weight is 823 g/mol. The van der Waals surface area contributed by atoms with Crippen LogP contribution in [0, 0.1) is 0 Å². The Hall–Kier alpha value is -5.08. The molecule has 0 atom stereocenters. The molecule has 1 N–H and O–H groups in total. The molecule has 59 heavy (non-hydrogen) atoms. The number of hydroxylamine groups is 2. The molecule has 310 valence electrons. The zero-order valence-electron chi connectivity index (χ0n) is 34.5. The van der Waals surface area contributed by atoms with E-state index < -0.39 is 39.2 Å². The quantitative estimate of drug-likeness (QED) is 0.0921. The van der Waals surface area contributed by atoms with E-state index in [4.69, 9.17) is 14.6 Å². The number of nitrogens with zero attached hydrogens (tertiary/aromatic N) is 5. The molecule has 1 saturated heterocycles. The number of benzene rings is 2. The van der Waals surface area contributed by atoms with Gasteiger partial charge in [-0.15, -0.1) is 5.06 Å². The maximum absolute atomic E-state index is 12.5. The number of hydrogen-bond acceptors (Lipinski definition) is 9. The Labute approximate surface area is 344 Å². The Kier molecular flexibility index (Phi) is 9.54. The highest BCUT2D eigenvalue weighted by Crippen LogP contribution is 2.52. The maximum Gasteiger partial charge on any atom is 0.333 e. The van der Waals surface area contributed by atoms with Gasteiger partial charge in [0.05, 0.1) is 22.4 Å². The van der Waals surface area contributed by atoms with Crippen molar-refractivity contribution in [3.63, 3.8) is 0 Å². The predicted octanol–water partition coefficient (Wildman–Crippen LogP) is 5.24. The lowest BCUT2D eigenvalue weighted by Gasteiger charge is -2.47. The van der Waals surface area contributed by atoms with Crippen molar-refractivity contribution >= 4 is 50.3 Å². The first-order valence-electron chi connectivity index (χ1n) is 21.0. The topological polar surface area (TPSA) is 151 Å². The van der Waals surface area contributed by atoms with Gasteiger partial charge in [-0.2, -0.15) is 8.42 Å². The van der Waals surface area contributed by atoms with Crippen LogP contribution in [0.15, 0.2) is 36.7 Å². The lowest BCUT2D eigenvalue weighted by molar-refractivity contribution is -0.197. The largest absolute Gasteiger partial charge is 0.455 e. The van der Waals surface area contributed by atoms with Crippen molar-refractivity contribution in [3.05, 3.63) is 80.9 Å². The third-order valence-electron chi connectivity index (χ3n) is 12.9. The Morgan fingerprint density at radius 3 is 2.44 bits per heavy atom. The molecule has 0 spiro atoms. The minimum Gasteiger partial charge on any atom is -0.455 e. The number of imidazole rings is 1. The van der Waals surface area contributed by atoms with E-state index in [1.165, 1.54) is 22.1 Å². The monoisotopic (exact) mass is 822 g/mol. The van der Waals surface area contributed by atoms with Crippen LogP contribution in [0.25, 0.3) is 16.7 Å². The van der Waals surface area contributed by atoms with Gasteiger partial charge in [0, 0.05) is 92.5 Å². The van der Waals surface area contributed by atoms with E-state index in [2.05, 4.69) is 66.9 Å². The van der Waals surface area contributed by atoms with Crippen molar-refractivity contribution < 1.29 is 36.9 Å². The molecule has 2 amide bonds. The number of fused-ring (bicyclic) bond motifs is 4. The fourth-order valence-corrected chi connectivity index (χ4v) is 10.9. The zero-order valence-corrected chi connectivity index (χ0v) is 35.3. The number of imide groups is 1. The van der Waals surface area contributed by atoms with Gasteiger partial charge in [0.25, 0.3) is 21.9 Å². The molecule has 7 heterocycles. The molecule has 0 aliphatic carbocycles. The second-order valence-corrected chi connectivity index (χ2v) is 19.2. The van der Waals surface area contributed by atoms with E-state index in [1.807, 2.05) is 12.3 Å². The molecule has 0 saturated carbocycles. The van der Waals surface area contributed by atoms with Gasteiger partial charge in [-0.1, -0.05) is 19.4 Å². The minimum absolute atomic E-state index is 0.0547. The first-order chi connectivity index (χ1) is 28.1. The van der Waals surface area contributed by atoms with E-state index in [1.54, 1.807) is 6.20 Å². The summed E-state index contributed by atoms with van der Waals surface area (Å²) < 4.78 is 47.3. The molecule has 1 aromatic heterocycles. The minimum atomic E-state index is -4.35. The number of aromatic nitrogens is 2. The lowest BCUT2D eigenvalue weighted by atomic mass is 9.79. The summed E-state index contributed by atoms with van der Waals surface area (Å²) in [5.74, 6) is 0.304. The number of anilines is 1. The summed E-state index contributed by atoms with van der Waals surface area (Å²) in [5.41, 5.74) is 8.14. The van der Waals surface area contributed by atoms with Crippen LogP contribution in [-0.2, 0) is 48.7 Å². The maximum atomic E-state index is 12.5. The van der Waals surface area contributed by atoms with Gasteiger partial charge in [0.15, 0.2) is 5.54 Å². The van der Waals surface area contributed by atoms with Crippen LogP contribution in [0.1, 0.15) is 126 Å². The van der Waals surface area contributed by atoms with Gasteiger partial charge in [-0.3, -0.25) is 14.1 Å². The number of hydrogen-bond donors (Lipinski definition) is 1. The number of amides is 2. The Bertz CT molecular complexity index is 2650. The van der Waals surface area contributed by atoms with E-state index in [-0.39, 0.29) is 24.8 Å². The van der Waals surface area contributed by atoms with E-state index in [0.29, 0.717) is 30.0 Å². The highest BCUT2D eigenvalue weighted by atomic mass is 32.2. The number of rotatable bonds is 11. The normalized spacial score (nSPS) is 19.7. The van der Waals surface area contributed by atoms with E-state index in [9.17, 15) is 27.4 Å². The highest BCUT2D eigenvalue weighted by molar-refractivity contribution is 7.86. The van der Waals surface area contributed by atoms with Crippen LogP contribution in [0.5, 0.6) is 11.5 Å². The SMILES string of the molecule is CCC1=CC(C)(C)[N+]2=c3c1cc1c(c3CCC2)Oc2c(cc3c4c2CCCN4C(C)(C)C=C3CS(=O)(=O)O)C=1c1nccn1CCCCCC(=O)ON1C(=O)CCC1=O. The van der Waals surface area contributed by atoms with Crippen molar-refractivity contribution in [3.8, 4) is 11.5 Å². The van der Waals surface area contributed by atoms with E-state index >= 15 is 0 Å². The summed E-state index contributed by atoms with van der Waals surface area (Å²) in [5, 5.41) is 2.79. The van der Waals surface area contributed by atoms with Crippen LogP contribution >= 0.6 is 0 Å². The summed E-state index contributed by atoms with van der Waals surface area (Å²) >= 11 is 0. The average Bonchev–Trinajstić information content (AvgIpc) is 3.77. The van der Waals surface area contributed by atoms with Gasteiger partial charge >= 0.3 is 5.97 Å². The fourth-order valence-electron chi connectivity index (χ4n) is 10.3. The standard InChI is InChI=1S/C45H51N5O8S/c1-6-27-24-44(2,3)48-19-10-12-29-39(48)31(27)22-33-38(43-46-17-21-47(43)18-9-7-8-14-37(53)58-50-35(51)15-16-36(50)52)34-23-32-28(26-59(54,55)56)25-45(4,5)49-20-11-13-30(40(32)49)42(34)57-41(29)33/h17,21-25H,6-16,18-20,26H2,1-5H3/p+1. The van der Waals surface area contributed by atoms with Crippen LogP contribution < -0.4 is 24.8 Å². The molecule has 0 bridgehead atoms. The van der Waals surface area contributed by atoms with E-state index in [0.717, 1.165) is 102 Å². The number of unbranched alkanes of at least 4 members (excludes halogenated alkanes) is 2. The number of carbonyl (C=O) groups is 3. The smallest absolute Gasteiger partial charge is 0.333 e. The van der Waals surface area contributed by atoms with Crippen molar-refractivity contribution in [2.24, 2.45) is 0 Å². The molecule has 6 aliphatic heterocycles. The summed E-state index contributed by atoms with van der Waals surface area (Å²) in [6.45, 7) is 13.3. The number of ether oxygens (including phenoxy) is 1. The molecular formula is C45H52N5O8S+. The van der Waals surface area contributed by atoms with Gasteiger partial charge < -0.3 is 19.0 Å². The molecular weight excluding hydrogens is 771 g/mol. The molecule has 14 heteroatoms. The Morgan fingerprint density at radius 1 is 0.932 bits per heavy atom. The van der Waals surface area contributed by atoms with Gasteiger partial charge in [-0.25, -0.2) is 14.4 Å². The second-order valence-electron chi connectivity index (χ2n) is 17.8. The van der Waals surface area contributed by atoms with Crippen LogP contribution in [-0.4, -0.2) is 75.3 Å². The molecule has 2 aromatic carbocycles. The zero-order chi connectivity index (χ0) is 41.6. The molecule has 0 radical (unpaired) electrons. The first-order valence-corrected chi connectivity index (χ1v) is 22.6. The third kappa shape index (κ3) is 6.72. The van der Waals surface area contributed by atoms with Gasteiger partial charge in [-0.05, 0) is 81.7 Å². The number of allylic oxidation sites excluding steroid dienone is 1. The predicted molar refractivity (Wildman–Crippen MR) is 223 cm³/mol. The van der Waals surface area contributed by atoms with Crippen molar-refractivity contribution in [2.45, 2.75) is 123 Å². The molecule has 1 fully saturated rings. The summed E-state index contributed by atoms with van der Waals surface area (Å²) in [4.78, 5) is 48.8. The number of aryl methyl sites for hydroxylation is 1. The summed E-state index contributed by atoms with van der Waals surface area (Å²) in [6, 6.07) is 4.35. The van der Waals surface area contributed by atoms with Crippen molar-refractivity contribution in [1.29, 1.82) is 0 Å². The van der Waals surface area contributed by atoms with Crippen molar-refractivity contribution in [2.75, 3.05) is 23.7 Å². The molecule has 3 aromatic rings. The summed E-state index contributed by atoms with van der Waals surface area (Å²) in [7, 11) is -4.35. The Balaban J connectivity index is 1.18. The van der Waals surface area contributed by atoms with Crippen LogP contribution in [0.2, 0.25) is 0 Å². The first kappa shape index (κ1) is 39.4. The molecule has 13 nitrogen and oxygen atoms in total. The molecule has 9 rings (SSSR count). The second kappa shape index (κ2) is 14.3. The number of carbonyl (C=O) groups excluding carboxylic acids is 3. The summed E-state index contributed by atoms with van der Waals surface area (Å²) in [6.07, 6.45) is 14.7. The van der Waals surface area contributed by atoms with Gasteiger partial charge in [0.1, 0.15) is 29.6 Å². The Morgan fingerprint density at radius 2 is 1.69 bits per heavy atom. The third-order valence-corrected chi connectivity index (χ3v) is 13.5. The lowest BCUT2D eigenvalue weighted by Crippen LogP contribution is -2.53. The van der Waals surface area contributed by atoms with Crippen molar-refractivity contribution in [1.82, 2.24) is 19.2 Å². The van der Waals surface area contributed by atoms with Crippen LogP contribution in [0.3, 0.4) is 0 Å².